The fraction of sp³-hybridized carbons (Fsp3) is 0.188. The average molecular weight is 387 g/mol. The van der Waals surface area contributed by atoms with E-state index >= 15 is 0 Å². The highest BCUT2D eigenvalue weighted by Gasteiger charge is 2.20. The van der Waals surface area contributed by atoms with E-state index in [2.05, 4.69) is 5.32 Å². The second-order valence-corrected chi connectivity index (χ2v) is 7.26. The van der Waals surface area contributed by atoms with Crippen LogP contribution in [0.5, 0.6) is 5.75 Å². The molecule has 2 N–H and O–H groups in total. The van der Waals surface area contributed by atoms with Gasteiger partial charge in [0, 0.05) is 10.6 Å². The molecule has 2 amide bonds. The molecule has 0 aliphatic rings. The third-order valence-electron chi connectivity index (χ3n) is 3.36. The summed E-state index contributed by atoms with van der Waals surface area (Å²) in [5.41, 5.74) is 0.376. The molecule has 0 spiro atoms. The molecule has 25 heavy (non-hydrogen) atoms. The summed E-state index contributed by atoms with van der Waals surface area (Å²) in [4.78, 5) is 11.9. The molecule has 2 aromatic carbocycles. The fourth-order valence-electron chi connectivity index (χ4n) is 2.14. The molecule has 0 radical (unpaired) electrons. The summed E-state index contributed by atoms with van der Waals surface area (Å²) in [6.45, 7) is 1.58. The normalized spacial score (nSPS) is 12.3. The second-order valence-electron chi connectivity index (χ2n) is 5.14. The van der Waals surface area contributed by atoms with Crippen molar-refractivity contribution < 1.29 is 22.3 Å². The van der Waals surface area contributed by atoms with Gasteiger partial charge in [0.15, 0.2) is 0 Å². The molecular weight excluding hydrogens is 371 g/mol. The maximum atomic E-state index is 13.4. The van der Waals surface area contributed by atoms with Gasteiger partial charge in [-0.2, -0.15) is 0 Å². The molecule has 2 aromatic rings. The highest BCUT2D eigenvalue weighted by molar-refractivity contribution is 7.90. The number of carbonyl (C=O) groups excluding carboxylic acids is 1. The predicted molar refractivity (Wildman–Crippen MR) is 91.7 cm³/mol. The number of halogens is 2. The number of rotatable bonds is 5. The lowest BCUT2D eigenvalue weighted by molar-refractivity contribution is 0.242. The zero-order valence-electron chi connectivity index (χ0n) is 13.4. The van der Waals surface area contributed by atoms with Crippen molar-refractivity contribution in [3.8, 4) is 5.75 Å². The maximum absolute atomic E-state index is 13.4. The highest BCUT2D eigenvalue weighted by Crippen LogP contribution is 2.25. The minimum absolute atomic E-state index is 0.108. The number of ether oxygens (including phenoxy) is 1. The Hall–Kier alpha value is -2.32. The van der Waals surface area contributed by atoms with Gasteiger partial charge in [0.05, 0.1) is 18.0 Å². The van der Waals surface area contributed by atoms with Crippen LogP contribution in [0.15, 0.2) is 47.4 Å². The van der Waals surface area contributed by atoms with E-state index in [-0.39, 0.29) is 4.90 Å². The Kier molecular flexibility index (Phi) is 5.86. The molecule has 9 heteroatoms. The van der Waals surface area contributed by atoms with Crippen molar-refractivity contribution in [3.63, 3.8) is 0 Å². The van der Waals surface area contributed by atoms with E-state index < -0.39 is 27.9 Å². The van der Waals surface area contributed by atoms with E-state index in [1.807, 2.05) is 4.72 Å². The first kappa shape index (κ1) is 19.0. The van der Waals surface area contributed by atoms with Crippen LogP contribution in [0.2, 0.25) is 5.02 Å². The Morgan fingerprint density at radius 3 is 2.44 bits per heavy atom. The molecule has 0 fully saturated rings. The lowest BCUT2D eigenvalue weighted by Crippen LogP contribution is -2.40. The van der Waals surface area contributed by atoms with E-state index in [0.29, 0.717) is 16.3 Å². The van der Waals surface area contributed by atoms with Gasteiger partial charge in [-0.1, -0.05) is 11.6 Å². The molecule has 1 atom stereocenters. The summed E-state index contributed by atoms with van der Waals surface area (Å²) in [7, 11) is -2.64. The van der Waals surface area contributed by atoms with Gasteiger partial charge in [0.2, 0.25) is 0 Å². The van der Waals surface area contributed by atoms with Gasteiger partial charge >= 0.3 is 6.03 Å². The van der Waals surface area contributed by atoms with Crippen LogP contribution in [-0.2, 0) is 10.0 Å². The maximum Gasteiger partial charge on any atom is 0.329 e. The van der Waals surface area contributed by atoms with Crippen molar-refractivity contribution in [2.75, 3.05) is 7.11 Å². The highest BCUT2D eigenvalue weighted by atomic mass is 35.5. The first-order valence-corrected chi connectivity index (χ1v) is 9.01. The number of urea groups is 1. The summed E-state index contributed by atoms with van der Waals surface area (Å²) in [6, 6.07) is 7.55. The molecule has 0 aliphatic carbocycles. The van der Waals surface area contributed by atoms with Gasteiger partial charge < -0.3 is 10.1 Å². The molecule has 0 saturated heterocycles. The first-order chi connectivity index (χ1) is 11.7. The Balaban J connectivity index is 2.12. The molecule has 0 aromatic heterocycles. The van der Waals surface area contributed by atoms with E-state index in [1.165, 1.54) is 49.6 Å². The summed E-state index contributed by atoms with van der Waals surface area (Å²) < 4.78 is 44.7. The number of carbonyl (C=O) groups is 1. The molecule has 134 valence electrons. The fourth-order valence-corrected chi connectivity index (χ4v) is 3.18. The molecule has 0 bridgehead atoms. The minimum Gasteiger partial charge on any atom is -0.496 e. The Bertz CT molecular complexity index is 872. The summed E-state index contributed by atoms with van der Waals surface area (Å²) in [5.74, 6) is -0.131. The van der Waals surface area contributed by atoms with E-state index in [1.54, 1.807) is 6.92 Å². The lowest BCUT2D eigenvalue weighted by atomic mass is 10.1. The Labute approximate surface area is 150 Å². The number of benzene rings is 2. The molecule has 0 aliphatic heterocycles. The SMILES string of the molecule is COc1ccc(F)cc1C(C)NC(=O)NS(=O)(=O)c1ccc(Cl)cc1. The number of sulfonamides is 1. The average Bonchev–Trinajstić information content (AvgIpc) is 2.54. The van der Waals surface area contributed by atoms with Gasteiger partial charge in [0.25, 0.3) is 10.0 Å². The van der Waals surface area contributed by atoms with E-state index in [9.17, 15) is 17.6 Å². The lowest BCUT2D eigenvalue weighted by Gasteiger charge is -2.18. The van der Waals surface area contributed by atoms with E-state index in [0.717, 1.165) is 0 Å². The van der Waals surface area contributed by atoms with Crippen LogP contribution in [0.4, 0.5) is 9.18 Å². The van der Waals surface area contributed by atoms with Gasteiger partial charge in [-0.15, -0.1) is 0 Å². The van der Waals surface area contributed by atoms with Crippen LogP contribution >= 0.6 is 11.6 Å². The number of methoxy groups -OCH3 is 1. The van der Waals surface area contributed by atoms with Gasteiger partial charge in [-0.3, -0.25) is 0 Å². The summed E-state index contributed by atoms with van der Waals surface area (Å²) in [6.07, 6.45) is 0. The zero-order chi connectivity index (χ0) is 18.6. The van der Waals surface area contributed by atoms with Crippen molar-refractivity contribution in [1.82, 2.24) is 10.0 Å². The van der Waals surface area contributed by atoms with Crippen LogP contribution in [0.3, 0.4) is 0 Å². The topological polar surface area (TPSA) is 84.5 Å². The summed E-state index contributed by atoms with van der Waals surface area (Å²) >= 11 is 5.71. The van der Waals surface area contributed by atoms with Crippen molar-refractivity contribution in [2.45, 2.75) is 17.9 Å². The van der Waals surface area contributed by atoms with Gasteiger partial charge in [-0.25, -0.2) is 22.3 Å². The third-order valence-corrected chi connectivity index (χ3v) is 4.96. The monoisotopic (exact) mass is 386 g/mol. The number of hydrogen-bond acceptors (Lipinski definition) is 4. The standard InChI is InChI=1S/C16H16ClFN2O4S/c1-10(14-9-12(18)5-8-15(14)24-2)19-16(21)20-25(22,23)13-6-3-11(17)4-7-13/h3-10H,1-2H3,(H2,19,20,21). The van der Waals surface area contributed by atoms with Crippen LogP contribution in [0.1, 0.15) is 18.5 Å². The van der Waals surface area contributed by atoms with Crippen LogP contribution < -0.4 is 14.8 Å². The van der Waals surface area contributed by atoms with Crippen LogP contribution in [0.25, 0.3) is 0 Å². The Morgan fingerprint density at radius 2 is 1.84 bits per heavy atom. The largest absolute Gasteiger partial charge is 0.496 e. The van der Waals surface area contributed by atoms with Crippen molar-refractivity contribution in [1.29, 1.82) is 0 Å². The molecule has 2 rings (SSSR count). The van der Waals surface area contributed by atoms with Gasteiger partial charge in [-0.05, 0) is 49.4 Å². The molecular formula is C16H16ClFN2O4S. The quantitative estimate of drug-likeness (QED) is 0.826. The van der Waals surface area contributed by atoms with Crippen LogP contribution in [-0.4, -0.2) is 21.6 Å². The summed E-state index contributed by atoms with van der Waals surface area (Å²) in [5, 5.41) is 2.80. The van der Waals surface area contributed by atoms with E-state index in [4.69, 9.17) is 16.3 Å². The first-order valence-electron chi connectivity index (χ1n) is 7.15. The van der Waals surface area contributed by atoms with Gasteiger partial charge in [0.1, 0.15) is 11.6 Å². The molecule has 6 nitrogen and oxygen atoms in total. The second kappa shape index (κ2) is 7.71. The zero-order valence-corrected chi connectivity index (χ0v) is 15.0. The Morgan fingerprint density at radius 1 is 1.20 bits per heavy atom. The van der Waals surface area contributed by atoms with Crippen LogP contribution in [0, 0.1) is 5.82 Å². The molecule has 1 unspecified atom stereocenters. The smallest absolute Gasteiger partial charge is 0.329 e. The number of amides is 2. The number of hydrogen-bond donors (Lipinski definition) is 2. The third kappa shape index (κ3) is 4.83. The molecule has 0 heterocycles. The van der Waals surface area contributed by atoms with Crippen molar-refractivity contribution in [3.05, 3.63) is 58.9 Å². The van der Waals surface area contributed by atoms with Crippen molar-refractivity contribution >= 4 is 27.7 Å². The van der Waals surface area contributed by atoms with Crippen molar-refractivity contribution in [2.24, 2.45) is 0 Å². The predicted octanol–water partition coefficient (Wildman–Crippen LogP) is 3.24. The minimum atomic E-state index is -4.05. The molecule has 0 saturated carbocycles. The number of nitrogens with one attached hydrogen (secondary N) is 2.